The average Bonchev–Trinajstić information content (AvgIpc) is 2.33. The van der Waals surface area contributed by atoms with Crippen molar-refractivity contribution >= 4 is 0 Å². The van der Waals surface area contributed by atoms with Crippen molar-refractivity contribution in [2.24, 2.45) is 5.92 Å². The molecule has 0 spiro atoms. The molecule has 0 aromatic carbocycles. The van der Waals surface area contributed by atoms with Crippen LogP contribution in [0.1, 0.15) is 48.5 Å². The molecule has 2 N–H and O–H groups in total. The quantitative estimate of drug-likeness (QED) is 0.799. The SMILES string of the molecule is CCN(CC1C(O)C(C)(C)OC1(C)C)CC(C)(C)O. The van der Waals surface area contributed by atoms with Gasteiger partial charge in [-0.1, -0.05) is 6.92 Å². The third-order valence-electron chi connectivity index (χ3n) is 4.03. The zero-order valence-electron chi connectivity index (χ0n) is 13.5. The van der Waals surface area contributed by atoms with Gasteiger partial charge in [-0.15, -0.1) is 0 Å². The smallest absolute Gasteiger partial charge is 0.0896 e. The molecule has 4 heteroatoms. The molecule has 0 amide bonds. The molecule has 2 atom stereocenters. The van der Waals surface area contributed by atoms with Crippen LogP contribution in [0.2, 0.25) is 0 Å². The van der Waals surface area contributed by atoms with E-state index in [9.17, 15) is 10.2 Å². The molecule has 0 saturated carbocycles. The minimum absolute atomic E-state index is 0.0461. The Bertz CT molecular complexity index is 307. The lowest BCUT2D eigenvalue weighted by Crippen LogP contribution is -2.47. The summed E-state index contributed by atoms with van der Waals surface area (Å²) in [6.07, 6.45) is -0.488. The summed E-state index contributed by atoms with van der Waals surface area (Å²) in [5.41, 5.74) is -1.58. The van der Waals surface area contributed by atoms with E-state index >= 15 is 0 Å². The zero-order chi connectivity index (χ0) is 15.1. The molecule has 0 aromatic heterocycles. The largest absolute Gasteiger partial charge is 0.390 e. The predicted octanol–water partition coefficient (Wildman–Crippen LogP) is 1.64. The second kappa shape index (κ2) is 5.32. The number of rotatable bonds is 5. The Hall–Kier alpha value is -0.160. The summed E-state index contributed by atoms with van der Waals surface area (Å²) in [6.45, 7) is 15.8. The van der Waals surface area contributed by atoms with Crippen molar-refractivity contribution in [1.82, 2.24) is 4.90 Å². The molecular weight excluding hydrogens is 242 g/mol. The first-order valence-corrected chi connectivity index (χ1v) is 7.22. The lowest BCUT2D eigenvalue weighted by atomic mass is 9.84. The van der Waals surface area contributed by atoms with Gasteiger partial charge in [0.05, 0.1) is 22.9 Å². The molecule has 0 bridgehead atoms. The number of hydrogen-bond acceptors (Lipinski definition) is 4. The number of aliphatic hydroxyl groups is 2. The van der Waals surface area contributed by atoms with Crippen molar-refractivity contribution in [2.75, 3.05) is 19.6 Å². The van der Waals surface area contributed by atoms with Crippen molar-refractivity contribution in [1.29, 1.82) is 0 Å². The summed E-state index contributed by atoms with van der Waals surface area (Å²) >= 11 is 0. The Balaban J connectivity index is 2.79. The lowest BCUT2D eigenvalue weighted by molar-refractivity contribution is -0.0916. The van der Waals surface area contributed by atoms with Crippen LogP contribution in [-0.2, 0) is 4.74 Å². The summed E-state index contributed by atoms with van der Waals surface area (Å²) < 4.78 is 6.00. The molecule has 114 valence electrons. The maximum Gasteiger partial charge on any atom is 0.0896 e. The van der Waals surface area contributed by atoms with Crippen molar-refractivity contribution < 1.29 is 14.9 Å². The van der Waals surface area contributed by atoms with Crippen LogP contribution in [-0.4, -0.2) is 57.7 Å². The van der Waals surface area contributed by atoms with Crippen LogP contribution in [0, 0.1) is 5.92 Å². The van der Waals surface area contributed by atoms with Gasteiger partial charge in [0.1, 0.15) is 0 Å². The molecule has 2 unspecified atom stereocenters. The van der Waals surface area contributed by atoms with Gasteiger partial charge in [-0.25, -0.2) is 0 Å². The Morgan fingerprint density at radius 1 is 1.16 bits per heavy atom. The van der Waals surface area contributed by atoms with Crippen LogP contribution in [0.3, 0.4) is 0 Å². The van der Waals surface area contributed by atoms with E-state index in [1.807, 2.05) is 41.5 Å². The fraction of sp³-hybridized carbons (Fsp3) is 1.00. The molecule has 1 heterocycles. The molecule has 1 aliphatic rings. The van der Waals surface area contributed by atoms with Crippen LogP contribution >= 0.6 is 0 Å². The van der Waals surface area contributed by atoms with E-state index in [2.05, 4.69) is 11.8 Å². The number of nitrogens with zero attached hydrogens (tertiary/aromatic N) is 1. The molecule has 4 nitrogen and oxygen atoms in total. The van der Waals surface area contributed by atoms with Crippen molar-refractivity contribution in [2.45, 2.75) is 71.4 Å². The molecule has 0 radical (unpaired) electrons. The summed E-state index contributed by atoms with van der Waals surface area (Å²) in [5.74, 6) is 0.0461. The second-order valence-electron chi connectivity index (χ2n) is 7.50. The normalized spacial score (nSPS) is 30.0. The Morgan fingerprint density at radius 2 is 1.68 bits per heavy atom. The minimum Gasteiger partial charge on any atom is -0.390 e. The average molecular weight is 273 g/mol. The monoisotopic (exact) mass is 273 g/mol. The minimum atomic E-state index is -0.722. The molecule has 1 saturated heterocycles. The molecule has 0 aromatic rings. The molecule has 1 fully saturated rings. The lowest BCUT2D eigenvalue weighted by Gasteiger charge is -2.34. The first-order valence-electron chi connectivity index (χ1n) is 7.22. The highest BCUT2D eigenvalue weighted by atomic mass is 16.5. The van der Waals surface area contributed by atoms with Crippen molar-refractivity contribution in [3.05, 3.63) is 0 Å². The van der Waals surface area contributed by atoms with Crippen LogP contribution in [0.25, 0.3) is 0 Å². The first kappa shape index (κ1) is 16.9. The van der Waals surface area contributed by atoms with Gasteiger partial charge in [0.2, 0.25) is 0 Å². The van der Waals surface area contributed by atoms with Crippen LogP contribution in [0.4, 0.5) is 0 Å². The highest BCUT2D eigenvalue weighted by Gasteiger charge is 2.53. The van der Waals surface area contributed by atoms with Gasteiger partial charge in [-0.3, -0.25) is 0 Å². The molecule has 1 aliphatic heterocycles. The van der Waals surface area contributed by atoms with Gasteiger partial charge < -0.3 is 19.8 Å². The third-order valence-corrected chi connectivity index (χ3v) is 4.03. The Labute approximate surface area is 117 Å². The predicted molar refractivity (Wildman–Crippen MR) is 77.2 cm³/mol. The molecular formula is C15H31NO3. The maximum atomic E-state index is 10.5. The number of hydrogen-bond donors (Lipinski definition) is 2. The van der Waals surface area contributed by atoms with Crippen molar-refractivity contribution in [3.8, 4) is 0 Å². The number of ether oxygens (including phenoxy) is 1. The Kier molecular flexibility index (Phi) is 4.73. The van der Waals surface area contributed by atoms with Crippen LogP contribution < -0.4 is 0 Å². The third kappa shape index (κ3) is 4.15. The van der Waals surface area contributed by atoms with Crippen LogP contribution in [0.15, 0.2) is 0 Å². The Morgan fingerprint density at radius 3 is 2.00 bits per heavy atom. The highest BCUT2D eigenvalue weighted by Crippen LogP contribution is 2.42. The summed E-state index contributed by atoms with van der Waals surface area (Å²) in [6, 6.07) is 0. The fourth-order valence-corrected chi connectivity index (χ4v) is 3.13. The zero-order valence-corrected chi connectivity index (χ0v) is 13.5. The number of likely N-dealkylation sites (N-methyl/N-ethyl adjacent to an activating group) is 1. The van der Waals surface area contributed by atoms with Crippen LogP contribution in [0.5, 0.6) is 0 Å². The summed E-state index contributed by atoms with van der Waals surface area (Å²) in [7, 11) is 0. The number of aliphatic hydroxyl groups excluding tert-OH is 1. The molecule has 0 aliphatic carbocycles. The van der Waals surface area contributed by atoms with E-state index in [4.69, 9.17) is 4.74 Å². The van der Waals surface area contributed by atoms with Gasteiger partial charge in [-0.05, 0) is 48.1 Å². The standard InChI is InChI=1S/C15H31NO3/c1-8-16(10-13(2,3)18)9-11-12(17)15(6,7)19-14(11,4)5/h11-12,17-18H,8-10H2,1-7H3. The van der Waals surface area contributed by atoms with E-state index in [0.717, 1.165) is 13.1 Å². The first-order chi connectivity index (χ1) is 8.39. The summed E-state index contributed by atoms with van der Waals surface area (Å²) in [5, 5.41) is 20.4. The van der Waals surface area contributed by atoms with Gasteiger partial charge in [-0.2, -0.15) is 0 Å². The van der Waals surface area contributed by atoms with E-state index in [0.29, 0.717) is 6.54 Å². The summed E-state index contributed by atoms with van der Waals surface area (Å²) in [4.78, 5) is 2.18. The maximum absolute atomic E-state index is 10.5. The van der Waals surface area contributed by atoms with E-state index in [1.54, 1.807) is 0 Å². The molecule has 19 heavy (non-hydrogen) atoms. The van der Waals surface area contributed by atoms with E-state index in [-0.39, 0.29) is 11.5 Å². The van der Waals surface area contributed by atoms with Gasteiger partial charge >= 0.3 is 0 Å². The molecule has 1 rings (SSSR count). The topological polar surface area (TPSA) is 52.9 Å². The fourth-order valence-electron chi connectivity index (χ4n) is 3.13. The van der Waals surface area contributed by atoms with Gasteiger partial charge in [0.25, 0.3) is 0 Å². The van der Waals surface area contributed by atoms with Crippen molar-refractivity contribution in [3.63, 3.8) is 0 Å². The highest BCUT2D eigenvalue weighted by molar-refractivity contribution is 5.02. The van der Waals surface area contributed by atoms with E-state index in [1.165, 1.54) is 0 Å². The second-order valence-corrected chi connectivity index (χ2v) is 7.50. The van der Waals surface area contributed by atoms with Gasteiger partial charge in [0.15, 0.2) is 0 Å². The van der Waals surface area contributed by atoms with Gasteiger partial charge in [0, 0.05) is 19.0 Å². The van der Waals surface area contributed by atoms with E-state index < -0.39 is 17.3 Å².